The molecule has 30 heavy (non-hydrogen) atoms. The number of tetrazole rings is 1. The molecule has 0 radical (unpaired) electrons. The van der Waals surface area contributed by atoms with Gasteiger partial charge in [0.05, 0.1) is 10.5 Å². The van der Waals surface area contributed by atoms with Gasteiger partial charge in [-0.15, -0.1) is 5.10 Å². The second-order valence-electron chi connectivity index (χ2n) is 6.49. The lowest BCUT2D eigenvalue weighted by Gasteiger charge is -2.12. The van der Waals surface area contributed by atoms with E-state index in [9.17, 15) is 19.3 Å². The number of pyridine rings is 1. The van der Waals surface area contributed by atoms with Crippen LogP contribution in [-0.4, -0.2) is 36.0 Å². The molecule has 1 unspecified atom stereocenters. The van der Waals surface area contributed by atoms with Gasteiger partial charge in [-0.2, -0.15) is 0 Å². The van der Waals surface area contributed by atoms with Gasteiger partial charge in [-0.3, -0.25) is 14.9 Å². The Balaban J connectivity index is 1.93. The summed E-state index contributed by atoms with van der Waals surface area (Å²) in [5.41, 5.74) is 0.417. The first kappa shape index (κ1) is 21.3. The van der Waals surface area contributed by atoms with Gasteiger partial charge in [-0.1, -0.05) is 13.8 Å². The minimum Gasteiger partial charge on any atom is -0.304 e. The predicted molar refractivity (Wildman–Crippen MR) is 107 cm³/mol. The minimum absolute atomic E-state index is 0.0237. The van der Waals surface area contributed by atoms with E-state index in [-0.39, 0.29) is 23.0 Å². The Morgan fingerprint density at radius 1 is 1.40 bits per heavy atom. The Hall–Kier alpha value is -3.41. The van der Waals surface area contributed by atoms with Crippen LogP contribution >= 0.6 is 11.8 Å². The summed E-state index contributed by atoms with van der Waals surface area (Å²) in [6, 6.07) is 5.13. The number of rotatable bonds is 7. The average molecular weight is 431 g/mol. The van der Waals surface area contributed by atoms with Crippen LogP contribution in [0.25, 0.3) is 0 Å². The molecule has 1 atom stereocenters. The summed E-state index contributed by atoms with van der Waals surface area (Å²) in [6.07, 6.45) is 2.32. The lowest BCUT2D eigenvalue weighted by atomic mass is 10.0. The van der Waals surface area contributed by atoms with Crippen LogP contribution in [0.4, 0.5) is 15.9 Å². The average Bonchev–Trinajstić information content (AvgIpc) is 3.13. The molecule has 0 aliphatic carbocycles. The zero-order chi connectivity index (χ0) is 21.8. The van der Waals surface area contributed by atoms with Crippen molar-refractivity contribution in [3.63, 3.8) is 0 Å². The molecule has 3 rings (SSSR count). The number of non-ortho nitro benzene ring substituents is 1. The molecule has 1 aromatic carbocycles. The number of nitro groups is 1. The van der Waals surface area contributed by atoms with Gasteiger partial charge in [0.2, 0.25) is 5.16 Å². The van der Waals surface area contributed by atoms with Crippen molar-refractivity contribution in [1.82, 2.24) is 25.2 Å². The number of carbonyl (C=O) groups excluding carboxylic acids is 1. The summed E-state index contributed by atoms with van der Waals surface area (Å²) in [5.74, 6) is -1.55. The van der Waals surface area contributed by atoms with Gasteiger partial charge in [-0.05, 0) is 52.2 Å². The maximum Gasteiger partial charge on any atom is 0.270 e. The Labute approximate surface area is 175 Å². The Bertz CT molecular complexity index is 1110. The third-order valence-electron chi connectivity index (χ3n) is 4.48. The van der Waals surface area contributed by atoms with Crippen molar-refractivity contribution >= 4 is 29.2 Å². The highest BCUT2D eigenvalue weighted by Gasteiger charge is 2.21. The van der Waals surface area contributed by atoms with Gasteiger partial charge in [0.25, 0.3) is 11.6 Å². The van der Waals surface area contributed by atoms with Gasteiger partial charge in [-0.25, -0.2) is 14.1 Å². The van der Waals surface area contributed by atoms with Gasteiger partial charge in [0, 0.05) is 30.3 Å². The summed E-state index contributed by atoms with van der Waals surface area (Å²) in [6.45, 7) is 3.93. The van der Waals surface area contributed by atoms with E-state index in [0.717, 1.165) is 29.8 Å². The molecular formula is C18H18FN7O3S. The third kappa shape index (κ3) is 4.59. The van der Waals surface area contributed by atoms with Crippen molar-refractivity contribution < 1.29 is 14.1 Å². The quantitative estimate of drug-likeness (QED) is 0.444. The summed E-state index contributed by atoms with van der Waals surface area (Å²) in [5, 5.41) is 25.0. The van der Waals surface area contributed by atoms with E-state index in [0.29, 0.717) is 10.1 Å². The molecule has 10 nitrogen and oxygen atoms in total. The van der Waals surface area contributed by atoms with E-state index in [4.69, 9.17) is 0 Å². The summed E-state index contributed by atoms with van der Waals surface area (Å²) in [4.78, 5) is 27.8. The number of aromatic nitrogens is 5. The fourth-order valence-electron chi connectivity index (χ4n) is 2.53. The van der Waals surface area contributed by atoms with Crippen molar-refractivity contribution in [2.75, 3.05) is 5.32 Å². The van der Waals surface area contributed by atoms with Crippen LogP contribution in [0.1, 0.15) is 42.1 Å². The molecule has 2 aromatic heterocycles. The first-order valence-electron chi connectivity index (χ1n) is 8.95. The van der Waals surface area contributed by atoms with Crippen molar-refractivity contribution in [1.29, 1.82) is 0 Å². The number of amides is 1. The highest BCUT2D eigenvalue weighted by molar-refractivity contribution is 7.99. The van der Waals surface area contributed by atoms with E-state index in [1.165, 1.54) is 29.1 Å². The fourth-order valence-corrected chi connectivity index (χ4v) is 3.37. The number of nitrogens with zero attached hydrogens (tertiary/aromatic N) is 6. The summed E-state index contributed by atoms with van der Waals surface area (Å²) < 4.78 is 15.9. The highest BCUT2D eigenvalue weighted by atomic mass is 32.2. The molecule has 1 N–H and O–H groups in total. The van der Waals surface area contributed by atoms with Crippen LogP contribution in [0.3, 0.4) is 0 Å². The number of halogens is 1. The van der Waals surface area contributed by atoms with Gasteiger partial charge in [0.15, 0.2) is 11.6 Å². The Morgan fingerprint density at radius 2 is 2.17 bits per heavy atom. The molecular weight excluding hydrogens is 413 g/mol. The zero-order valence-electron chi connectivity index (χ0n) is 16.4. The topological polar surface area (TPSA) is 129 Å². The standard InChI is InChI=1S/C18H18FN7O3S/c1-4-10(2)11-7-14(19)16(20-9-11)21-17(27)13-8-12(26(28)29)5-6-15(13)30-18-22-23-24-25(18)3/h5-10H,4H2,1-3H3,(H,20,21,27). The maximum absolute atomic E-state index is 14.5. The molecule has 2 heterocycles. The van der Waals surface area contributed by atoms with Crippen molar-refractivity contribution in [2.45, 2.75) is 36.2 Å². The van der Waals surface area contributed by atoms with Crippen molar-refractivity contribution in [3.05, 3.63) is 57.5 Å². The lowest BCUT2D eigenvalue weighted by Crippen LogP contribution is -2.16. The van der Waals surface area contributed by atoms with E-state index in [2.05, 4.69) is 25.8 Å². The molecule has 3 aromatic rings. The molecule has 0 saturated carbocycles. The van der Waals surface area contributed by atoms with E-state index in [1.807, 2.05) is 13.8 Å². The number of benzene rings is 1. The second-order valence-corrected chi connectivity index (χ2v) is 7.50. The molecule has 0 fully saturated rings. The molecule has 0 aliphatic rings. The zero-order valence-corrected chi connectivity index (χ0v) is 17.2. The number of hydrogen-bond acceptors (Lipinski definition) is 8. The largest absolute Gasteiger partial charge is 0.304 e. The Kier molecular flexibility index (Phi) is 6.35. The number of hydrogen-bond donors (Lipinski definition) is 1. The third-order valence-corrected chi connectivity index (χ3v) is 5.58. The summed E-state index contributed by atoms with van der Waals surface area (Å²) >= 11 is 1.05. The predicted octanol–water partition coefficient (Wildman–Crippen LogP) is 3.57. The van der Waals surface area contributed by atoms with Gasteiger partial charge >= 0.3 is 0 Å². The van der Waals surface area contributed by atoms with E-state index in [1.54, 1.807) is 7.05 Å². The molecule has 0 bridgehead atoms. The monoisotopic (exact) mass is 431 g/mol. The minimum atomic E-state index is -0.737. The summed E-state index contributed by atoms with van der Waals surface area (Å²) in [7, 11) is 1.62. The van der Waals surface area contributed by atoms with Crippen LogP contribution in [0.5, 0.6) is 0 Å². The number of aryl methyl sites for hydroxylation is 1. The van der Waals surface area contributed by atoms with Gasteiger partial charge in [0.1, 0.15) is 0 Å². The molecule has 1 amide bonds. The Morgan fingerprint density at radius 3 is 2.77 bits per heavy atom. The van der Waals surface area contributed by atoms with Crippen LogP contribution in [0.15, 0.2) is 40.5 Å². The molecule has 156 valence electrons. The van der Waals surface area contributed by atoms with Crippen molar-refractivity contribution in [3.8, 4) is 0 Å². The SMILES string of the molecule is CCC(C)c1cnc(NC(=O)c2cc([N+](=O)[O-])ccc2Sc2nnnn2C)c(F)c1. The first-order chi connectivity index (χ1) is 14.3. The van der Waals surface area contributed by atoms with Crippen LogP contribution in [0.2, 0.25) is 0 Å². The molecule has 12 heteroatoms. The smallest absolute Gasteiger partial charge is 0.270 e. The maximum atomic E-state index is 14.5. The number of anilines is 1. The van der Waals surface area contributed by atoms with Crippen LogP contribution in [-0.2, 0) is 7.05 Å². The second kappa shape index (κ2) is 8.95. The molecule has 0 aliphatic heterocycles. The number of nitrogens with one attached hydrogen (secondary N) is 1. The van der Waals surface area contributed by atoms with Gasteiger partial charge < -0.3 is 5.32 Å². The van der Waals surface area contributed by atoms with Crippen molar-refractivity contribution in [2.24, 2.45) is 7.05 Å². The first-order valence-corrected chi connectivity index (χ1v) is 9.77. The fraction of sp³-hybridized carbons (Fsp3) is 0.278. The lowest BCUT2D eigenvalue weighted by molar-refractivity contribution is -0.384. The molecule has 0 spiro atoms. The molecule has 0 saturated heterocycles. The highest BCUT2D eigenvalue weighted by Crippen LogP contribution is 2.31. The normalized spacial score (nSPS) is 11.9. The number of nitro benzene ring substituents is 1. The number of carbonyl (C=O) groups is 1. The van der Waals surface area contributed by atoms with Crippen LogP contribution < -0.4 is 5.32 Å². The van der Waals surface area contributed by atoms with E-state index >= 15 is 0 Å². The van der Waals surface area contributed by atoms with E-state index < -0.39 is 16.6 Å². The van der Waals surface area contributed by atoms with Crippen LogP contribution in [0, 0.1) is 15.9 Å².